The molecular weight excluding hydrogens is 378 g/mol. The number of methoxy groups -OCH3 is 1. The molecule has 0 radical (unpaired) electrons. The average Bonchev–Trinajstić information content (AvgIpc) is 2.73. The van der Waals surface area contributed by atoms with Gasteiger partial charge in [-0.15, -0.1) is 0 Å². The fourth-order valence-electron chi connectivity index (χ4n) is 2.43. The van der Waals surface area contributed by atoms with Gasteiger partial charge in [0.15, 0.2) is 0 Å². The van der Waals surface area contributed by atoms with Crippen molar-refractivity contribution in [2.45, 2.75) is 0 Å². The molecule has 0 bridgehead atoms. The third kappa shape index (κ3) is 5.62. The highest BCUT2D eigenvalue weighted by Gasteiger charge is 2.07. The third-order valence-electron chi connectivity index (χ3n) is 3.86. The van der Waals surface area contributed by atoms with E-state index in [-0.39, 0.29) is 5.91 Å². The third-order valence-corrected chi connectivity index (χ3v) is 4.11. The molecule has 1 heterocycles. The molecule has 6 nitrogen and oxygen atoms in total. The number of nitrogens with one attached hydrogen (secondary N) is 2. The molecular formula is C21H20ClN3O3. The molecule has 0 aliphatic rings. The number of hydrogen-bond acceptors (Lipinski definition) is 5. The van der Waals surface area contributed by atoms with E-state index in [0.717, 1.165) is 17.2 Å². The maximum atomic E-state index is 12.4. The van der Waals surface area contributed by atoms with Crippen molar-refractivity contribution < 1.29 is 14.3 Å². The normalized spacial score (nSPS) is 10.2. The van der Waals surface area contributed by atoms with E-state index in [4.69, 9.17) is 21.1 Å². The number of hydrogen-bond donors (Lipinski definition) is 2. The number of amides is 1. The minimum Gasteiger partial charge on any atom is -0.497 e. The lowest BCUT2D eigenvalue weighted by Crippen LogP contribution is -2.14. The van der Waals surface area contributed by atoms with E-state index >= 15 is 0 Å². The van der Waals surface area contributed by atoms with E-state index in [1.54, 1.807) is 43.6 Å². The molecule has 0 atom stereocenters. The van der Waals surface area contributed by atoms with Crippen LogP contribution in [0, 0.1) is 0 Å². The summed E-state index contributed by atoms with van der Waals surface area (Å²) in [6, 6.07) is 16.0. The molecule has 1 amide bonds. The van der Waals surface area contributed by atoms with Gasteiger partial charge in [0, 0.05) is 29.6 Å². The Bertz CT molecular complexity index is 915. The number of anilines is 2. The van der Waals surface area contributed by atoms with Crippen molar-refractivity contribution in [3.63, 3.8) is 0 Å². The Morgan fingerprint density at radius 3 is 2.43 bits per heavy atom. The van der Waals surface area contributed by atoms with Crippen molar-refractivity contribution in [1.82, 2.24) is 4.98 Å². The first-order valence-electron chi connectivity index (χ1n) is 8.67. The molecule has 0 aliphatic carbocycles. The van der Waals surface area contributed by atoms with Crippen LogP contribution in [0.4, 0.5) is 11.4 Å². The summed E-state index contributed by atoms with van der Waals surface area (Å²) in [5.74, 6) is 1.30. The summed E-state index contributed by atoms with van der Waals surface area (Å²) in [4.78, 5) is 16.5. The molecule has 0 fully saturated rings. The van der Waals surface area contributed by atoms with Gasteiger partial charge < -0.3 is 20.1 Å². The van der Waals surface area contributed by atoms with Crippen LogP contribution >= 0.6 is 11.6 Å². The number of halogens is 1. The van der Waals surface area contributed by atoms with E-state index in [1.807, 2.05) is 24.3 Å². The average molecular weight is 398 g/mol. The van der Waals surface area contributed by atoms with Crippen LogP contribution in [0.5, 0.6) is 11.5 Å². The summed E-state index contributed by atoms with van der Waals surface area (Å²) in [7, 11) is 1.62. The lowest BCUT2D eigenvalue weighted by molar-refractivity contribution is 0.102. The van der Waals surface area contributed by atoms with Crippen LogP contribution in [0.3, 0.4) is 0 Å². The molecule has 1 aromatic heterocycles. The van der Waals surface area contributed by atoms with E-state index in [2.05, 4.69) is 15.6 Å². The molecule has 0 spiro atoms. The number of nitrogens with zero attached hydrogens (tertiary/aromatic N) is 1. The van der Waals surface area contributed by atoms with Gasteiger partial charge in [-0.05, 0) is 54.6 Å². The van der Waals surface area contributed by atoms with Crippen molar-refractivity contribution >= 4 is 28.9 Å². The van der Waals surface area contributed by atoms with Crippen LogP contribution in [0.1, 0.15) is 10.4 Å². The van der Waals surface area contributed by atoms with Crippen molar-refractivity contribution in [3.8, 4) is 11.5 Å². The molecule has 3 aromatic rings. The number of carbonyl (C=O) groups excluding carboxylic acids is 1. The van der Waals surface area contributed by atoms with Gasteiger partial charge in [-0.25, -0.2) is 0 Å². The number of benzene rings is 2. The van der Waals surface area contributed by atoms with Crippen molar-refractivity contribution in [2.75, 3.05) is 30.9 Å². The van der Waals surface area contributed by atoms with Crippen molar-refractivity contribution in [3.05, 3.63) is 77.6 Å². The molecule has 0 saturated carbocycles. The Balaban J connectivity index is 1.49. The van der Waals surface area contributed by atoms with E-state index in [0.29, 0.717) is 29.4 Å². The summed E-state index contributed by atoms with van der Waals surface area (Å²) < 4.78 is 10.8. The van der Waals surface area contributed by atoms with Crippen LogP contribution in [0.15, 0.2) is 67.0 Å². The second-order valence-corrected chi connectivity index (χ2v) is 6.31. The number of ether oxygens (including phenoxy) is 2. The Morgan fingerprint density at radius 1 is 1.00 bits per heavy atom. The highest BCUT2D eigenvalue weighted by molar-refractivity contribution is 6.30. The predicted octanol–water partition coefficient (Wildman–Crippen LogP) is 4.49. The first kappa shape index (κ1) is 19.5. The summed E-state index contributed by atoms with van der Waals surface area (Å²) in [6.07, 6.45) is 3.18. The number of pyridine rings is 1. The molecule has 144 valence electrons. The fourth-order valence-corrected chi connectivity index (χ4v) is 2.56. The first-order valence-corrected chi connectivity index (χ1v) is 9.04. The molecule has 0 unspecified atom stereocenters. The minimum absolute atomic E-state index is 0.243. The zero-order valence-corrected chi connectivity index (χ0v) is 16.1. The fraction of sp³-hybridized carbons (Fsp3) is 0.143. The topological polar surface area (TPSA) is 72.5 Å². The molecule has 2 N–H and O–H groups in total. The number of rotatable bonds is 8. The number of aromatic nitrogens is 1. The lowest BCUT2D eigenvalue weighted by atomic mass is 10.2. The van der Waals surface area contributed by atoms with Crippen LogP contribution in [0.2, 0.25) is 5.02 Å². The van der Waals surface area contributed by atoms with E-state index < -0.39 is 0 Å². The molecule has 28 heavy (non-hydrogen) atoms. The summed E-state index contributed by atoms with van der Waals surface area (Å²) in [5, 5.41) is 6.62. The van der Waals surface area contributed by atoms with Gasteiger partial charge in [-0.1, -0.05) is 11.6 Å². The van der Waals surface area contributed by atoms with Gasteiger partial charge in [0.25, 0.3) is 5.91 Å². The maximum absolute atomic E-state index is 12.4. The standard InChI is InChI=1S/C21H20ClN3O3/c1-27-19-6-8-20(9-7-19)28-11-10-24-18-12-15(13-23-14-18)21(26)25-17-4-2-16(22)3-5-17/h2-9,12-14,24H,10-11H2,1H3,(H,25,26). The summed E-state index contributed by atoms with van der Waals surface area (Å²) in [6.45, 7) is 1.03. The Hall–Kier alpha value is -3.25. The Kier molecular flexibility index (Phi) is 6.70. The zero-order valence-electron chi connectivity index (χ0n) is 15.3. The number of carbonyl (C=O) groups is 1. The first-order chi connectivity index (χ1) is 13.6. The minimum atomic E-state index is -0.243. The SMILES string of the molecule is COc1ccc(OCCNc2cncc(C(=O)Nc3ccc(Cl)cc3)c2)cc1. The van der Waals surface area contributed by atoms with Crippen molar-refractivity contribution in [2.24, 2.45) is 0 Å². The van der Waals surface area contributed by atoms with Crippen LogP contribution in [0.25, 0.3) is 0 Å². The van der Waals surface area contributed by atoms with Gasteiger partial charge >= 0.3 is 0 Å². The molecule has 0 saturated heterocycles. The highest BCUT2D eigenvalue weighted by atomic mass is 35.5. The van der Waals surface area contributed by atoms with Crippen molar-refractivity contribution in [1.29, 1.82) is 0 Å². The second kappa shape index (κ2) is 9.62. The van der Waals surface area contributed by atoms with Gasteiger partial charge in [-0.2, -0.15) is 0 Å². The quantitative estimate of drug-likeness (QED) is 0.548. The lowest BCUT2D eigenvalue weighted by Gasteiger charge is -2.10. The molecule has 2 aromatic carbocycles. The van der Waals surface area contributed by atoms with Crippen LogP contribution in [-0.4, -0.2) is 31.2 Å². The zero-order chi connectivity index (χ0) is 19.8. The van der Waals surface area contributed by atoms with Crippen LogP contribution in [-0.2, 0) is 0 Å². The summed E-state index contributed by atoms with van der Waals surface area (Å²) in [5.41, 5.74) is 1.86. The molecule has 0 aliphatic heterocycles. The molecule has 3 rings (SSSR count). The molecule has 7 heteroatoms. The highest BCUT2D eigenvalue weighted by Crippen LogP contribution is 2.17. The predicted molar refractivity (Wildman–Crippen MR) is 111 cm³/mol. The monoisotopic (exact) mass is 397 g/mol. The van der Waals surface area contributed by atoms with Gasteiger partial charge in [0.05, 0.1) is 18.4 Å². The van der Waals surface area contributed by atoms with Gasteiger partial charge in [0.1, 0.15) is 18.1 Å². The second-order valence-electron chi connectivity index (χ2n) is 5.87. The smallest absolute Gasteiger partial charge is 0.257 e. The van der Waals surface area contributed by atoms with E-state index in [1.165, 1.54) is 6.20 Å². The van der Waals surface area contributed by atoms with Gasteiger partial charge in [0.2, 0.25) is 0 Å². The van der Waals surface area contributed by atoms with Crippen LogP contribution < -0.4 is 20.1 Å². The van der Waals surface area contributed by atoms with E-state index in [9.17, 15) is 4.79 Å². The maximum Gasteiger partial charge on any atom is 0.257 e. The Labute approximate surface area is 168 Å². The Morgan fingerprint density at radius 2 is 1.71 bits per heavy atom. The van der Waals surface area contributed by atoms with Gasteiger partial charge in [-0.3, -0.25) is 9.78 Å². The summed E-state index contributed by atoms with van der Waals surface area (Å²) >= 11 is 5.85. The largest absolute Gasteiger partial charge is 0.497 e.